The van der Waals surface area contributed by atoms with Crippen LogP contribution in [0.5, 0.6) is 0 Å². The van der Waals surface area contributed by atoms with Crippen LogP contribution in [0.25, 0.3) is 11.3 Å². The highest BCUT2D eigenvalue weighted by Gasteiger charge is 2.08. The molecule has 15 heavy (non-hydrogen) atoms. The molecule has 0 aliphatic rings. The minimum atomic E-state index is -0.103. The lowest BCUT2D eigenvalue weighted by molar-refractivity contribution is 0.248. The average Bonchev–Trinajstić information content (AvgIpc) is 2.66. The van der Waals surface area contributed by atoms with Crippen LogP contribution in [0.2, 0.25) is 5.02 Å². The van der Waals surface area contributed by atoms with E-state index in [-0.39, 0.29) is 6.61 Å². The summed E-state index contributed by atoms with van der Waals surface area (Å²) in [5.74, 6) is 1.19. The van der Waals surface area contributed by atoms with Gasteiger partial charge in [0.1, 0.15) is 18.1 Å². The molecule has 0 saturated heterocycles. The number of hydrogen-bond donors (Lipinski definition) is 1. The Kier molecular flexibility index (Phi) is 3.14. The van der Waals surface area contributed by atoms with Crippen molar-refractivity contribution in [2.24, 2.45) is 0 Å². The third kappa shape index (κ3) is 2.25. The number of rotatable bonds is 2. The molecule has 0 aliphatic heterocycles. The summed E-state index contributed by atoms with van der Waals surface area (Å²) < 4.78 is 6.31. The minimum Gasteiger partial charge on any atom is -0.459 e. The van der Waals surface area contributed by atoms with Crippen molar-refractivity contribution < 1.29 is 9.52 Å². The van der Waals surface area contributed by atoms with Gasteiger partial charge in [-0.2, -0.15) is 0 Å². The van der Waals surface area contributed by atoms with Gasteiger partial charge in [-0.25, -0.2) is 0 Å². The molecule has 0 unspecified atom stereocenters. The molecule has 0 spiro atoms. The maximum absolute atomic E-state index is 8.88. The van der Waals surface area contributed by atoms with E-state index in [4.69, 9.17) is 21.1 Å². The van der Waals surface area contributed by atoms with Crippen molar-refractivity contribution in [1.29, 1.82) is 0 Å². The Morgan fingerprint density at radius 3 is 2.67 bits per heavy atom. The molecule has 1 aromatic heterocycles. The second-order valence-electron chi connectivity index (χ2n) is 3.05. The molecule has 4 heteroatoms. The normalized spacial score (nSPS) is 10.6. The Balaban J connectivity index is 2.44. The van der Waals surface area contributed by atoms with Crippen LogP contribution < -0.4 is 0 Å². The van der Waals surface area contributed by atoms with E-state index in [1.807, 2.05) is 12.1 Å². The third-order valence-corrected chi connectivity index (χ3v) is 2.82. The second kappa shape index (κ2) is 4.39. The molecule has 0 aliphatic carbocycles. The summed E-state index contributed by atoms with van der Waals surface area (Å²) in [6.45, 7) is -0.103. The van der Waals surface area contributed by atoms with Gasteiger partial charge < -0.3 is 9.52 Å². The molecule has 0 fully saturated rings. The van der Waals surface area contributed by atoms with Gasteiger partial charge in [0.05, 0.1) is 5.02 Å². The summed E-state index contributed by atoms with van der Waals surface area (Å²) in [6, 6.07) is 9.08. The van der Waals surface area contributed by atoms with Crippen molar-refractivity contribution in [3.05, 3.63) is 45.6 Å². The van der Waals surface area contributed by atoms with Crippen LogP contribution in [0.3, 0.4) is 0 Å². The smallest absolute Gasteiger partial charge is 0.135 e. The van der Waals surface area contributed by atoms with Gasteiger partial charge in [0.15, 0.2) is 0 Å². The number of aliphatic hydroxyl groups excluding tert-OH is 1. The molecule has 2 nitrogen and oxygen atoms in total. The number of hydrogen-bond acceptors (Lipinski definition) is 2. The molecule has 1 aromatic carbocycles. The van der Waals surface area contributed by atoms with Gasteiger partial charge in [0.25, 0.3) is 0 Å². The Morgan fingerprint density at radius 2 is 2.07 bits per heavy atom. The quantitative estimate of drug-likeness (QED) is 0.910. The Morgan fingerprint density at radius 1 is 1.27 bits per heavy atom. The van der Waals surface area contributed by atoms with Gasteiger partial charge in [-0.15, -0.1) is 0 Å². The fraction of sp³-hybridized carbons (Fsp3) is 0.0909. The SMILES string of the molecule is OCc1ccc(-c2ccc(Br)cc2Cl)o1. The van der Waals surface area contributed by atoms with Crippen LogP contribution in [-0.4, -0.2) is 5.11 Å². The lowest BCUT2D eigenvalue weighted by atomic mass is 10.2. The van der Waals surface area contributed by atoms with Crippen LogP contribution in [0.4, 0.5) is 0 Å². The Bertz CT molecular complexity index is 479. The van der Waals surface area contributed by atoms with Gasteiger partial charge in [-0.3, -0.25) is 0 Å². The Labute approximate surface area is 101 Å². The fourth-order valence-electron chi connectivity index (χ4n) is 1.30. The number of furan rings is 1. The molecule has 0 radical (unpaired) electrons. The number of halogens is 2. The molecule has 78 valence electrons. The van der Waals surface area contributed by atoms with E-state index >= 15 is 0 Å². The van der Waals surface area contributed by atoms with Crippen molar-refractivity contribution in [3.8, 4) is 11.3 Å². The number of benzene rings is 1. The van der Waals surface area contributed by atoms with Crippen molar-refractivity contribution >= 4 is 27.5 Å². The van der Waals surface area contributed by atoms with Crippen molar-refractivity contribution in [2.45, 2.75) is 6.61 Å². The molecule has 0 bridgehead atoms. The molecule has 0 amide bonds. The van der Waals surface area contributed by atoms with Crippen molar-refractivity contribution in [1.82, 2.24) is 0 Å². The molecule has 0 atom stereocenters. The van der Waals surface area contributed by atoms with Gasteiger partial charge >= 0.3 is 0 Å². The molecule has 2 rings (SSSR count). The zero-order valence-electron chi connectivity index (χ0n) is 7.71. The first-order valence-corrected chi connectivity index (χ1v) is 5.53. The minimum absolute atomic E-state index is 0.103. The van der Waals surface area contributed by atoms with Crippen LogP contribution in [0.15, 0.2) is 39.2 Å². The highest BCUT2D eigenvalue weighted by molar-refractivity contribution is 9.10. The van der Waals surface area contributed by atoms with E-state index in [1.165, 1.54) is 0 Å². The standard InChI is InChI=1S/C11H8BrClO2/c12-7-1-3-9(10(13)5-7)11-4-2-8(6-14)15-11/h1-5,14H,6H2. The van der Waals surface area contributed by atoms with Gasteiger partial charge in [0, 0.05) is 10.0 Å². The zero-order chi connectivity index (χ0) is 10.8. The first kappa shape index (κ1) is 10.7. The summed E-state index contributed by atoms with van der Waals surface area (Å²) in [6.07, 6.45) is 0. The van der Waals surface area contributed by atoms with Crippen LogP contribution in [0.1, 0.15) is 5.76 Å². The molecule has 2 aromatic rings. The summed E-state index contributed by atoms with van der Waals surface area (Å²) in [4.78, 5) is 0. The largest absolute Gasteiger partial charge is 0.459 e. The molecule has 0 saturated carbocycles. The molecular weight excluding hydrogens is 279 g/mol. The summed E-state index contributed by atoms with van der Waals surface area (Å²) in [5.41, 5.74) is 0.819. The van der Waals surface area contributed by atoms with Crippen molar-refractivity contribution in [3.63, 3.8) is 0 Å². The topological polar surface area (TPSA) is 33.4 Å². The van der Waals surface area contributed by atoms with Crippen LogP contribution in [0, 0.1) is 0 Å². The van der Waals surface area contributed by atoms with E-state index < -0.39 is 0 Å². The highest BCUT2D eigenvalue weighted by Crippen LogP contribution is 2.31. The maximum Gasteiger partial charge on any atom is 0.135 e. The van der Waals surface area contributed by atoms with E-state index in [0.717, 1.165) is 10.0 Å². The number of aliphatic hydroxyl groups is 1. The maximum atomic E-state index is 8.88. The highest BCUT2D eigenvalue weighted by atomic mass is 79.9. The van der Waals surface area contributed by atoms with Gasteiger partial charge in [0.2, 0.25) is 0 Å². The van der Waals surface area contributed by atoms with Gasteiger partial charge in [-0.1, -0.05) is 27.5 Å². The van der Waals surface area contributed by atoms with E-state index in [0.29, 0.717) is 16.5 Å². The van der Waals surface area contributed by atoms with E-state index in [2.05, 4.69) is 15.9 Å². The summed E-state index contributed by atoms with van der Waals surface area (Å²) >= 11 is 9.40. The third-order valence-electron chi connectivity index (χ3n) is 2.01. The van der Waals surface area contributed by atoms with Crippen molar-refractivity contribution in [2.75, 3.05) is 0 Å². The molecular formula is C11H8BrClO2. The van der Waals surface area contributed by atoms with Gasteiger partial charge in [-0.05, 0) is 30.3 Å². The zero-order valence-corrected chi connectivity index (χ0v) is 10.0. The predicted molar refractivity (Wildman–Crippen MR) is 62.8 cm³/mol. The Hall–Kier alpha value is -0.770. The first-order chi connectivity index (χ1) is 7.20. The monoisotopic (exact) mass is 286 g/mol. The van der Waals surface area contributed by atoms with Crippen LogP contribution in [-0.2, 0) is 6.61 Å². The molecule has 1 heterocycles. The predicted octanol–water partition coefficient (Wildman–Crippen LogP) is 3.85. The van der Waals surface area contributed by atoms with E-state index in [1.54, 1.807) is 18.2 Å². The van der Waals surface area contributed by atoms with E-state index in [9.17, 15) is 0 Å². The second-order valence-corrected chi connectivity index (χ2v) is 4.37. The fourth-order valence-corrected chi connectivity index (χ4v) is 2.06. The lowest BCUT2D eigenvalue weighted by Gasteiger charge is -2.00. The first-order valence-electron chi connectivity index (χ1n) is 4.35. The lowest BCUT2D eigenvalue weighted by Crippen LogP contribution is -1.77. The summed E-state index contributed by atoms with van der Waals surface area (Å²) in [7, 11) is 0. The summed E-state index contributed by atoms with van der Waals surface area (Å²) in [5, 5.41) is 9.49. The average molecular weight is 288 g/mol. The van der Waals surface area contributed by atoms with Crippen LogP contribution >= 0.6 is 27.5 Å². The molecule has 1 N–H and O–H groups in total.